The first-order valence-corrected chi connectivity index (χ1v) is 6.62. The highest BCUT2D eigenvalue weighted by molar-refractivity contribution is 7.09. The van der Waals surface area contributed by atoms with Gasteiger partial charge in [-0.3, -0.25) is 4.90 Å². The van der Waals surface area contributed by atoms with Crippen molar-refractivity contribution in [3.8, 4) is 0 Å². The smallest absolute Gasteiger partial charge is 0.111 e. The Hall–Kier alpha value is -0.490. The molecular formula is C11H20N4S. The highest BCUT2D eigenvalue weighted by Gasteiger charge is 2.25. The van der Waals surface area contributed by atoms with Crippen molar-refractivity contribution in [1.29, 1.82) is 0 Å². The normalized spacial score (nSPS) is 23.8. The number of aromatic nitrogens is 1. The monoisotopic (exact) mass is 240 g/mol. The summed E-state index contributed by atoms with van der Waals surface area (Å²) in [6.45, 7) is 4.02. The molecule has 1 aromatic rings. The van der Waals surface area contributed by atoms with Gasteiger partial charge in [-0.2, -0.15) is 0 Å². The molecule has 2 rings (SSSR count). The Morgan fingerprint density at radius 2 is 2.31 bits per heavy atom. The minimum atomic E-state index is 0.454. The van der Waals surface area contributed by atoms with Crippen LogP contribution < -0.4 is 5.73 Å². The fraction of sp³-hybridized carbons (Fsp3) is 0.727. The Balaban J connectivity index is 2.08. The van der Waals surface area contributed by atoms with E-state index in [9.17, 15) is 0 Å². The first kappa shape index (κ1) is 12.0. The maximum Gasteiger partial charge on any atom is 0.111 e. The summed E-state index contributed by atoms with van der Waals surface area (Å²) in [5.74, 6) is 0. The Morgan fingerprint density at radius 3 is 3.06 bits per heavy atom. The van der Waals surface area contributed by atoms with Gasteiger partial charge in [-0.05, 0) is 20.6 Å². The highest BCUT2D eigenvalue weighted by Crippen LogP contribution is 2.26. The second-order valence-electron chi connectivity index (χ2n) is 4.47. The van der Waals surface area contributed by atoms with Crippen molar-refractivity contribution in [2.75, 3.05) is 40.3 Å². The van der Waals surface area contributed by atoms with Crippen LogP contribution in [0.1, 0.15) is 16.7 Å². The van der Waals surface area contributed by atoms with Gasteiger partial charge in [0.2, 0.25) is 0 Å². The average Bonchev–Trinajstić information content (AvgIpc) is 2.71. The molecular weight excluding hydrogens is 220 g/mol. The Labute approximate surface area is 101 Å². The molecule has 5 heteroatoms. The number of piperazine rings is 1. The number of likely N-dealkylation sites (N-methyl/N-ethyl adjacent to an activating group) is 2. The summed E-state index contributed by atoms with van der Waals surface area (Å²) < 4.78 is 0. The molecule has 1 atom stereocenters. The molecule has 0 spiro atoms. The van der Waals surface area contributed by atoms with Crippen molar-refractivity contribution >= 4 is 11.3 Å². The summed E-state index contributed by atoms with van der Waals surface area (Å²) in [4.78, 5) is 9.44. The van der Waals surface area contributed by atoms with Gasteiger partial charge >= 0.3 is 0 Å². The molecule has 1 aliphatic heterocycles. The lowest BCUT2D eigenvalue weighted by Crippen LogP contribution is -2.44. The van der Waals surface area contributed by atoms with E-state index in [-0.39, 0.29) is 0 Å². The van der Waals surface area contributed by atoms with E-state index >= 15 is 0 Å². The topological polar surface area (TPSA) is 45.4 Å². The zero-order valence-corrected chi connectivity index (χ0v) is 10.8. The molecule has 0 radical (unpaired) electrons. The van der Waals surface area contributed by atoms with Crippen LogP contribution in [0, 0.1) is 0 Å². The summed E-state index contributed by atoms with van der Waals surface area (Å²) >= 11 is 1.77. The van der Waals surface area contributed by atoms with Crippen LogP contribution in [0.3, 0.4) is 0 Å². The number of thiazole rings is 1. The van der Waals surface area contributed by atoms with Gasteiger partial charge in [0.05, 0.1) is 11.7 Å². The molecule has 2 N–H and O–H groups in total. The fourth-order valence-corrected chi connectivity index (χ4v) is 3.02. The standard InChI is InChI=1S/C11H20N4S/c1-14-5-6-15(2)10(7-14)11-13-9(3-4-12)8-16-11/h8,10H,3-7,12H2,1-2H3. The van der Waals surface area contributed by atoms with E-state index in [2.05, 4.69) is 34.3 Å². The van der Waals surface area contributed by atoms with Crippen LogP contribution in [0.4, 0.5) is 0 Å². The Kier molecular flexibility index (Phi) is 3.91. The van der Waals surface area contributed by atoms with Crippen LogP contribution in [0.2, 0.25) is 0 Å². The first-order valence-electron chi connectivity index (χ1n) is 5.74. The molecule has 0 aliphatic carbocycles. The van der Waals surface area contributed by atoms with E-state index in [0.29, 0.717) is 12.6 Å². The lowest BCUT2D eigenvalue weighted by atomic mass is 10.2. The summed E-state index contributed by atoms with van der Waals surface area (Å²) in [6, 6.07) is 0.454. The largest absolute Gasteiger partial charge is 0.330 e. The number of hydrogen-bond acceptors (Lipinski definition) is 5. The van der Waals surface area contributed by atoms with Crippen LogP contribution in [0.25, 0.3) is 0 Å². The van der Waals surface area contributed by atoms with Gasteiger partial charge in [-0.1, -0.05) is 0 Å². The van der Waals surface area contributed by atoms with Crippen molar-refractivity contribution in [3.05, 3.63) is 16.1 Å². The van der Waals surface area contributed by atoms with E-state index < -0.39 is 0 Å². The fourth-order valence-electron chi connectivity index (χ4n) is 2.02. The van der Waals surface area contributed by atoms with Crippen LogP contribution in [-0.2, 0) is 6.42 Å². The van der Waals surface area contributed by atoms with Crippen LogP contribution in [-0.4, -0.2) is 55.1 Å². The molecule has 0 amide bonds. The number of nitrogens with zero attached hydrogens (tertiary/aromatic N) is 3. The van der Waals surface area contributed by atoms with Gasteiger partial charge in [0.15, 0.2) is 0 Å². The second-order valence-corrected chi connectivity index (χ2v) is 5.36. The number of nitrogens with two attached hydrogens (primary N) is 1. The van der Waals surface area contributed by atoms with Crippen LogP contribution in [0.5, 0.6) is 0 Å². The quantitative estimate of drug-likeness (QED) is 0.839. The van der Waals surface area contributed by atoms with Gasteiger partial charge in [0, 0.05) is 31.4 Å². The number of hydrogen-bond donors (Lipinski definition) is 1. The van der Waals surface area contributed by atoms with Crippen LogP contribution >= 0.6 is 11.3 Å². The van der Waals surface area contributed by atoms with Gasteiger partial charge in [-0.15, -0.1) is 11.3 Å². The minimum absolute atomic E-state index is 0.454. The maximum absolute atomic E-state index is 5.54. The molecule has 4 nitrogen and oxygen atoms in total. The summed E-state index contributed by atoms with van der Waals surface area (Å²) in [5, 5.41) is 3.38. The minimum Gasteiger partial charge on any atom is -0.330 e. The van der Waals surface area contributed by atoms with E-state index in [1.54, 1.807) is 11.3 Å². The first-order chi connectivity index (χ1) is 7.70. The van der Waals surface area contributed by atoms with Crippen molar-refractivity contribution < 1.29 is 0 Å². The molecule has 1 fully saturated rings. The molecule has 1 saturated heterocycles. The average molecular weight is 240 g/mol. The molecule has 0 saturated carbocycles. The van der Waals surface area contributed by atoms with E-state index in [1.807, 2.05) is 0 Å². The van der Waals surface area contributed by atoms with E-state index in [4.69, 9.17) is 5.73 Å². The molecule has 90 valence electrons. The Bertz CT molecular complexity index is 338. The zero-order chi connectivity index (χ0) is 11.5. The predicted octanol–water partition coefficient (Wildman–Crippen LogP) is 0.563. The molecule has 1 unspecified atom stereocenters. The third-order valence-corrected chi connectivity index (χ3v) is 4.10. The SMILES string of the molecule is CN1CCN(C)C(c2nc(CCN)cs2)C1. The van der Waals surface area contributed by atoms with E-state index in [0.717, 1.165) is 31.7 Å². The highest BCUT2D eigenvalue weighted by atomic mass is 32.1. The van der Waals surface area contributed by atoms with Crippen molar-refractivity contribution in [3.63, 3.8) is 0 Å². The van der Waals surface area contributed by atoms with Gasteiger partial charge in [-0.25, -0.2) is 4.98 Å². The molecule has 2 heterocycles. The van der Waals surface area contributed by atoms with Crippen LogP contribution in [0.15, 0.2) is 5.38 Å². The number of rotatable bonds is 3. The molecule has 1 aromatic heterocycles. The molecule has 16 heavy (non-hydrogen) atoms. The van der Waals surface area contributed by atoms with Crippen molar-refractivity contribution in [2.24, 2.45) is 5.73 Å². The summed E-state index contributed by atoms with van der Waals surface area (Å²) in [5.41, 5.74) is 6.69. The lowest BCUT2D eigenvalue weighted by Gasteiger charge is -2.36. The van der Waals surface area contributed by atoms with Gasteiger partial charge in [0.25, 0.3) is 0 Å². The molecule has 0 aromatic carbocycles. The molecule has 0 bridgehead atoms. The van der Waals surface area contributed by atoms with Gasteiger partial charge in [0.1, 0.15) is 5.01 Å². The van der Waals surface area contributed by atoms with E-state index in [1.165, 1.54) is 5.01 Å². The van der Waals surface area contributed by atoms with Crippen molar-refractivity contribution in [2.45, 2.75) is 12.5 Å². The second kappa shape index (κ2) is 5.23. The third kappa shape index (κ3) is 2.60. The Morgan fingerprint density at radius 1 is 1.50 bits per heavy atom. The third-order valence-electron chi connectivity index (χ3n) is 3.11. The summed E-state index contributed by atoms with van der Waals surface area (Å²) in [6.07, 6.45) is 0.892. The summed E-state index contributed by atoms with van der Waals surface area (Å²) in [7, 11) is 4.36. The molecule has 1 aliphatic rings. The predicted molar refractivity (Wildman–Crippen MR) is 67.7 cm³/mol. The zero-order valence-electron chi connectivity index (χ0n) is 10.0. The maximum atomic E-state index is 5.54. The van der Waals surface area contributed by atoms with Crippen molar-refractivity contribution in [1.82, 2.24) is 14.8 Å². The lowest BCUT2D eigenvalue weighted by molar-refractivity contribution is 0.115. The van der Waals surface area contributed by atoms with Gasteiger partial charge < -0.3 is 10.6 Å².